The maximum absolute atomic E-state index is 11.5. The number of ether oxygens (including phenoxy) is 2. The molecule has 0 aromatic rings. The molecule has 1 heterocycles. The fraction of sp³-hybridized carbons (Fsp3) is 0.833. The summed E-state index contributed by atoms with van der Waals surface area (Å²) in [6.45, 7) is 5.29. The highest BCUT2D eigenvalue weighted by molar-refractivity contribution is 5.75. The lowest BCUT2D eigenvalue weighted by atomic mass is 10.0. The second-order valence-electron chi connectivity index (χ2n) is 4.37. The SMILES string of the molecule is CCOC(=O)N1CCC(NC(C)C(=O)OC)CC1. The van der Waals surface area contributed by atoms with Gasteiger partial charge in [-0.3, -0.25) is 4.79 Å². The molecule has 18 heavy (non-hydrogen) atoms. The maximum atomic E-state index is 11.5. The summed E-state index contributed by atoms with van der Waals surface area (Å²) >= 11 is 0. The Morgan fingerprint density at radius 1 is 1.39 bits per heavy atom. The number of hydrogen-bond acceptors (Lipinski definition) is 5. The summed E-state index contributed by atoms with van der Waals surface area (Å²) in [7, 11) is 1.38. The van der Waals surface area contributed by atoms with Crippen LogP contribution in [0.5, 0.6) is 0 Å². The number of carbonyl (C=O) groups excluding carboxylic acids is 2. The maximum Gasteiger partial charge on any atom is 0.409 e. The van der Waals surface area contributed by atoms with E-state index in [1.54, 1.807) is 18.7 Å². The summed E-state index contributed by atoms with van der Waals surface area (Å²) in [5, 5.41) is 3.21. The summed E-state index contributed by atoms with van der Waals surface area (Å²) < 4.78 is 9.60. The average molecular weight is 258 g/mol. The Morgan fingerprint density at radius 2 is 2.00 bits per heavy atom. The second-order valence-corrected chi connectivity index (χ2v) is 4.37. The zero-order valence-corrected chi connectivity index (χ0v) is 11.3. The van der Waals surface area contributed by atoms with Crippen LogP contribution in [0.25, 0.3) is 0 Å². The van der Waals surface area contributed by atoms with Gasteiger partial charge in [-0.25, -0.2) is 4.79 Å². The Labute approximate surface area is 108 Å². The molecule has 1 unspecified atom stereocenters. The van der Waals surface area contributed by atoms with Crippen LogP contribution in [0.3, 0.4) is 0 Å². The molecular weight excluding hydrogens is 236 g/mol. The van der Waals surface area contributed by atoms with Crippen molar-refractivity contribution >= 4 is 12.1 Å². The molecule has 1 saturated heterocycles. The van der Waals surface area contributed by atoms with Crippen LogP contribution in [-0.4, -0.2) is 55.9 Å². The van der Waals surface area contributed by atoms with E-state index < -0.39 is 0 Å². The first-order valence-corrected chi connectivity index (χ1v) is 6.34. The molecule has 0 saturated carbocycles. The Bertz CT molecular complexity index is 288. The number of nitrogens with one attached hydrogen (secondary N) is 1. The molecular formula is C12H22N2O4. The summed E-state index contributed by atoms with van der Waals surface area (Å²) in [4.78, 5) is 24.5. The highest BCUT2D eigenvalue weighted by Crippen LogP contribution is 2.12. The van der Waals surface area contributed by atoms with E-state index in [9.17, 15) is 9.59 Å². The van der Waals surface area contributed by atoms with E-state index in [1.165, 1.54) is 7.11 Å². The Hall–Kier alpha value is -1.30. The standard InChI is InChI=1S/C12H22N2O4/c1-4-18-12(16)14-7-5-10(6-8-14)13-9(2)11(15)17-3/h9-10,13H,4-8H2,1-3H3. The van der Waals surface area contributed by atoms with E-state index in [1.807, 2.05) is 0 Å². The fourth-order valence-corrected chi connectivity index (χ4v) is 2.04. The molecule has 0 aromatic carbocycles. The van der Waals surface area contributed by atoms with Gasteiger partial charge < -0.3 is 19.7 Å². The van der Waals surface area contributed by atoms with Gasteiger partial charge >= 0.3 is 12.1 Å². The van der Waals surface area contributed by atoms with Crippen molar-refractivity contribution in [2.75, 3.05) is 26.8 Å². The summed E-state index contributed by atoms with van der Waals surface area (Å²) in [5.41, 5.74) is 0. The first-order valence-electron chi connectivity index (χ1n) is 6.34. The molecule has 1 aliphatic heterocycles. The van der Waals surface area contributed by atoms with Crippen LogP contribution in [0.1, 0.15) is 26.7 Å². The third-order valence-electron chi connectivity index (χ3n) is 3.06. The summed E-state index contributed by atoms with van der Waals surface area (Å²) in [6, 6.07) is -0.0704. The summed E-state index contributed by atoms with van der Waals surface area (Å²) in [6.07, 6.45) is 1.39. The van der Waals surface area contributed by atoms with Gasteiger partial charge in [0.05, 0.1) is 13.7 Å². The highest BCUT2D eigenvalue weighted by Gasteiger charge is 2.25. The summed E-state index contributed by atoms with van der Waals surface area (Å²) in [5.74, 6) is -0.261. The van der Waals surface area contributed by atoms with E-state index in [0.717, 1.165) is 12.8 Å². The van der Waals surface area contributed by atoms with E-state index in [0.29, 0.717) is 19.7 Å². The van der Waals surface area contributed by atoms with E-state index in [4.69, 9.17) is 4.74 Å². The molecule has 104 valence electrons. The van der Waals surface area contributed by atoms with E-state index in [-0.39, 0.29) is 24.1 Å². The molecule has 1 N–H and O–H groups in total. The lowest BCUT2D eigenvalue weighted by Gasteiger charge is -2.32. The second kappa shape index (κ2) is 7.20. The molecule has 0 radical (unpaired) electrons. The fourth-order valence-electron chi connectivity index (χ4n) is 2.04. The molecule has 1 aliphatic rings. The minimum Gasteiger partial charge on any atom is -0.468 e. The number of esters is 1. The lowest BCUT2D eigenvalue weighted by molar-refractivity contribution is -0.142. The lowest BCUT2D eigenvalue weighted by Crippen LogP contribution is -2.49. The van der Waals surface area contributed by atoms with Crippen molar-refractivity contribution in [1.29, 1.82) is 0 Å². The van der Waals surface area contributed by atoms with Crippen LogP contribution in [-0.2, 0) is 14.3 Å². The van der Waals surface area contributed by atoms with E-state index in [2.05, 4.69) is 10.1 Å². The van der Waals surface area contributed by atoms with Gasteiger partial charge in [-0.05, 0) is 26.7 Å². The molecule has 1 amide bonds. The van der Waals surface area contributed by atoms with Gasteiger partial charge in [-0.15, -0.1) is 0 Å². The third kappa shape index (κ3) is 4.18. The van der Waals surface area contributed by atoms with Crippen LogP contribution in [0.2, 0.25) is 0 Å². The minimum absolute atomic E-state index is 0.241. The molecule has 0 bridgehead atoms. The van der Waals surface area contributed by atoms with Crippen molar-refractivity contribution in [3.8, 4) is 0 Å². The van der Waals surface area contributed by atoms with Crippen LogP contribution >= 0.6 is 0 Å². The molecule has 1 fully saturated rings. The Balaban J connectivity index is 2.31. The smallest absolute Gasteiger partial charge is 0.409 e. The third-order valence-corrected chi connectivity index (χ3v) is 3.06. The first-order chi connectivity index (χ1) is 8.58. The van der Waals surface area contributed by atoms with Crippen molar-refractivity contribution in [3.63, 3.8) is 0 Å². The van der Waals surface area contributed by atoms with Gasteiger partial charge in [0.1, 0.15) is 6.04 Å². The van der Waals surface area contributed by atoms with Gasteiger partial charge in [0.2, 0.25) is 0 Å². The number of nitrogens with zero attached hydrogens (tertiary/aromatic N) is 1. The van der Waals surface area contributed by atoms with Crippen LogP contribution in [0.15, 0.2) is 0 Å². The average Bonchev–Trinajstić information content (AvgIpc) is 2.38. The van der Waals surface area contributed by atoms with Crippen LogP contribution in [0, 0.1) is 0 Å². The molecule has 1 atom stereocenters. The number of amides is 1. The van der Waals surface area contributed by atoms with Gasteiger partial charge in [-0.2, -0.15) is 0 Å². The van der Waals surface area contributed by atoms with Gasteiger partial charge in [0.25, 0.3) is 0 Å². The first kappa shape index (κ1) is 14.8. The van der Waals surface area contributed by atoms with Gasteiger partial charge in [-0.1, -0.05) is 0 Å². The van der Waals surface area contributed by atoms with Crippen molar-refractivity contribution in [2.24, 2.45) is 0 Å². The number of piperidine rings is 1. The van der Waals surface area contributed by atoms with Crippen LogP contribution < -0.4 is 5.32 Å². The predicted molar refractivity (Wildman–Crippen MR) is 66.2 cm³/mol. The molecule has 0 aliphatic carbocycles. The van der Waals surface area contributed by atoms with Crippen molar-refractivity contribution in [3.05, 3.63) is 0 Å². The van der Waals surface area contributed by atoms with Crippen molar-refractivity contribution in [1.82, 2.24) is 10.2 Å². The molecule has 0 aromatic heterocycles. The van der Waals surface area contributed by atoms with Gasteiger partial charge in [0.15, 0.2) is 0 Å². The monoisotopic (exact) mass is 258 g/mol. The van der Waals surface area contributed by atoms with Crippen molar-refractivity contribution < 1.29 is 19.1 Å². The minimum atomic E-state index is -0.311. The predicted octanol–water partition coefficient (Wildman–Crippen LogP) is 0.758. The number of likely N-dealkylation sites (tertiary alicyclic amines) is 1. The molecule has 0 spiro atoms. The Kier molecular flexibility index (Phi) is 5.91. The van der Waals surface area contributed by atoms with Gasteiger partial charge in [0, 0.05) is 19.1 Å². The highest BCUT2D eigenvalue weighted by atomic mass is 16.6. The number of hydrogen-bond donors (Lipinski definition) is 1. The number of rotatable bonds is 4. The van der Waals surface area contributed by atoms with Crippen molar-refractivity contribution in [2.45, 2.75) is 38.8 Å². The zero-order valence-electron chi connectivity index (χ0n) is 11.3. The number of methoxy groups -OCH3 is 1. The molecule has 6 nitrogen and oxygen atoms in total. The normalized spacial score (nSPS) is 18.3. The topological polar surface area (TPSA) is 67.9 Å². The quantitative estimate of drug-likeness (QED) is 0.754. The zero-order chi connectivity index (χ0) is 13.5. The largest absolute Gasteiger partial charge is 0.468 e. The molecule has 6 heteroatoms. The number of carbonyl (C=O) groups is 2. The molecule has 1 rings (SSSR count). The van der Waals surface area contributed by atoms with E-state index >= 15 is 0 Å². The Morgan fingerprint density at radius 3 is 2.50 bits per heavy atom. The van der Waals surface area contributed by atoms with Crippen LogP contribution in [0.4, 0.5) is 4.79 Å².